The second-order valence-electron chi connectivity index (χ2n) is 8.29. The van der Waals surface area contributed by atoms with Gasteiger partial charge in [-0.3, -0.25) is 4.68 Å². The van der Waals surface area contributed by atoms with E-state index in [4.69, 9.17) is 16.0 Å². The number of nitrogens with zero attached hydrogens (tertiary/aromatic N) is 3. The molecule has 0 atom stereocenters. The number of rotatable bonds is 4. The van der Waals surface area contributed by atoms with Crippen molar-refractivity contribution in [2.75, 3.05) is 0 Å². The van der Waals surface area contributed by atoms with E-state index in [-0.39, 0.29) is 16.2 Å². The van der Waals surface area contributed by atoms with E-state index < -0.39 is 14.6 Å². The molecule has 0 aliphatic rings. The molecule has 28 heavy (non-hydrogen) atoms. The highest BCUT2D eigenvalue weighted by Gasteiger charge is 2.42. The Bertz CT molecular complexity index is 1100. The number of aryl methyl sites for hydroxylation is 1. The standard InChI is InChI=1S/C20H24ClN3O3S/c1-19(2,3)17-11-15(24(6)23-17)16-12-22-18(27-16)20(4,5)28(25,26)14-9-7-13(21)8-10-14/h7-12H,1-6H3. The zero-order valence-electron chi connectivity index (χ0n) is 16.8. The predicted molar refractivity (Wildman–Crippen MR) is 109 cm³/mol. The molecular formula is C20H24ClN3O3S. The molecule has 0 aliphatic heterocycles. The van der Waals surface area contributed by atoms with Crippen molar-refractivity contribution < 1.29 is 12.8 Å². The highest BCUT2D eigenvalue weighted by atomic mass is 35.5. The number of sulfone groups is 1. The highest BCUT2D eigenvalue weighted by Crippen LogP contribution is 2.37. The molecule has 2 heterocycles. The van der Waals surface area contributed by atoms with Gasteiger partial charge in [-0.2, -0.15) is 5.10 Å². The monoisotopic (exact) mass is 421 g/mol. The van der Waals surface area contributed by atoms with Crippen LogP contribution in [0.2, 0.25) is 5.02 Å². The van der Waals surface area contributed by atoms with Gasteiger partial charge in [0, 0.05) is 17.5 Å². The Balaban J connectivity index is 2.01. The zero-order chi connectivity index (χ0) is 20.9. The third-order valence-electron chi connectivity index (χ3n) is 4.72. The maximum absolute atomic E-state index is 13.2. The maximum atomic E-state index is 13.2. The first kappa shape index (κ1) is 20.6. The lowest BCUT2D eigenvalue weighted by Gasteiger charge is -2.21. The molecule has 0 N–H and O–H groups in total. The summed E-state index contributed by atoms with van der Waals surface area (Å²) in [5.74, 6) is 0.593. The van der Waals surface area contributed by atoms with Crippen LogP contribution in [-0.4, -0.2) is 23.2 Å². The van der Waals surface area contributed by atoms with Crippen LogP contribution >= 0.6 is 11.6 Å². The average Bonchev–Trinajstić information content (AvgIpc) is 3.21. The van der Waals surface area contributed by atoms with E-state index in [0.717, 1.165) is 11.4 Å². The van der Waals surface area contributed by atoms with E-state index in [1.165, 1.54) is 18.3 Å². The lowest BCUT2D eigenvalue weighted by molar-refractivity contribution is 0.437. The summed E-state index contributed by atoms with van der Waals surface area (Å²) >= 11 is 5.88. The Kier molecular flexibility index (Phi) is 4.96. The lowest BCUT2D eigenvalue weighted by Crippen LogP contribution is -2.29. The molecule has 2 aromatic heterocycles. The SMILES string of the molecule is Cn1nc(C(C)(C)C)cc1-c1cnc(C(C)(C)S(=O)(=O)c2ccc(Cl)cc2)o1. The molecular weight excluding hydrogens is 398 g/mol. The number of halogens is 1. The van der Waals surface area contributed by atoms with E-state index in [2.05, 4.69) is 30.9 Å². The van der Waals surface area contributed by atoms with E-state index in [1.807, 2.05) is 13.1 Å². The molecule has 6 nitrogen and oxygen atoms in total. The van der Waals surface area contributed by atoms with Crippen LogP contribution in [-0.2, 0) is 27.0 Å². The Morgan fingerprint density at radius 3 is 2.21 bits per heavy atom. The van der Waals surface area contributed by atoms with Crippen LogP contribution < -0.4 is 0 Å². The summed E-state index contributed by atoms with van der Waals surface area (Å²) in [6, 6.07) is 8.01. The number of oxazole rings is 1. The van der Waals surface area contributed by atoms with Gasteiger partial charge >= 0.3 is 0 Å². The molecule has 0 fully saturated rings. The third kappa shape index (κ3) is 3.49. The summed E-state index contributed by atoms with van der Waals surface area (Å²) in [6.07, 6.45) is 1.54. The third-order valence-corrected chi connectivity index (χ3v) is 7.38. The zero-order valence-corrected chi connectivity index (χ0v) is 18.4. The highest BCUT2D eigenvalue weighted by molar-refractivity contribution is 7.92. The van der Waals surface area contributed by atoms with Crippen LogP contribution in [0.1, 0.15) is 46.2 Å². The first-order chi connectivity index (χ1) is 12.8. The first-order valence-corrected chi connectivity index (χ1v) is 10.7. The van der Waals surface area contributed by atoms with Gasteiger partial charge in [-0.15, -0.1) is 0 Å². The van der Waals surface area contributed by atoms with Crippen molar-refractivity contribution in [1.82, 2.24) is 14.8 Å². The molecule has 0 spiro atoms. The largest absolute Gasteiger partial charge is 0.437 e. The van der Waals surface area contributed by atoms with Crippen LogP contribution in [0.25, 0.3) is 11.5 Å². The van der Waals surface area contributed by atoms with E-state index in [1.54, 1.807) is 30.7 Å². The van der Waals surface area contributed by atoms with Gasteiger partial charge in [0.05, 0.1) is 16.8 Å². The van der Waals surface area contributed by atoms with Crippen molar-refractivity contribution in [1.29, 1.82) is 0 Å². The molecule has 0 saturated carbocycles. The van der Waals surface area contributed by atoms with Crippen molar-refractivity contribution in [2.24, 2.45) is 7.05 Å². The van der Waals surface area contributed by atoms with Gasteiger partial charge in [-0.05, 0) is 44.2 Å². The molecule has 150 valence electrons. The van der Waals surface area contributed by atoms with Gasteiger partial charge < -0.3 is 4.42 Å². The predicted octanol–water partition coefficient (Wildman–Crippen LogP) is 4.74. The molecule has 0 saturated heterocycles. The van der Waals surface area contributed by atoms with Gasteiger partial charge in [0.15, 0.2) is 15.6 Å². The van der Waals surface area contributed by atoms with Gasteiger partial charge in [0.2, 0.25) is 5.89 Å². The molecule has 8 heteroatoms. The summed E-state index contributed by atoms with van der Waals surface area (Å²) < 4.78 is 32.6. The van der Waals surface area contributed by atoms with Crippen molar-refractivity contribution in [3.05, 3.63) is 53.1 Å². The number of hydrogen-bond acceptors (Lipinski definition) is 5. The fraction of sp³-hybridized carbons (Fsp3) is 0.400. The lowest BCUT2D eigenvalue weighted by atomic mass is 9.92. The number of aromatic nitrogens is 3. The molecule has 0 amide bonds. The van der Waals surface area contributed by atoms with Gasteiger partial charge in [-0.1, -0.05) is 32.4 Å². The van der Waals surface area contributed by atoms with Crippen LogP contribution in [0.5, 0.6) is 0 Å². The Morgan fingerprint density at radius 2 is 1.68 bits per heavy atom. The van der Waals surface area contributed by atoms with Crippen LogP contribution in [0.15, 0.2) is 45.8 Å². The Hall–Kier alpha value is -2.12. The second-order valence-corrected chi connectivity index (χ2v) is 11.2. The van der Waals surface area contributed by atoms with Gasteiger partial charge in [-0.25, -0.2) is 13.4 Å². The van der Waals surface area contributed by atoms with Gasteiger partial charge in [0.25, 0.3) is 0 Å². The molecule has 1 aromatic carbocycles. The normalized spacial score (nSPS) is 13.1. The van der Waals surface area contributed by atoms with E-state index in [0.29, 0.717) is 10.8 Å². The minimum absolute atomic E-state index is 0.115. The average molecular weight is 422 g/mol. The summed E-state index contributed by atoms with van der Waals surface area (Å²) in [4.78, 5) is 4.44. The molecule has 0 unspecified atom stereocenters. The maximum Gasteiger partial charge on any atom is 0.216 e. The summed E-state index contributed by atoms with van der Waals surface area (Å²) in [5, 5.41) is 5.01. The topological polar surface area (TPSA) is 78.0 Å². The van der Waals surface area contributed by atoms with Crippen LogP contribution in [0.4, 0.5) is 0 Å². The molecule has 3 aromatic rings. The summed E-state index contributed by atoms with van der Waals surface area (Å²) in [7, 11) is -1.92. The second kappa shape index (κ2) is 6.74. The van der Waals surface area contributed by atoms with E-state index >= 15 is 0 Å². The molecule has 3 rings (SSSR count). The fourth-order valence-corrected chi connectivity index (χ4v) is 4.29. The Morgan fingerprint density at radius 1 is 1.07 bits per heavy atom. The molecule has 0 bridgehead atoms. The minimum Gasteiger partial charge on any atom is -0.437 e. The van der Waals surface area contributed by atoms with Crippen LogP contribution in [0, 0.1) is 0 Å². The van der Waals surface area contributed by atoms with E-state index in [9.17, 15) is 8.42 Å². The number of benzene rings is 1. The van der Waals surface area contributed by atoms with Crippen molar-refractivity contribution in [3.8, 4) is 11.5 Å². The van der Waals surface area contributed by atoms with Crippen molar-refractivity contribution in [3.63, 3.8) is 0 Å². The Labute approximate surface area is 170 Å². The summed E-state index contributed by atoms with van der Waals surface area (Å²) in [6.45, 7) is 9.39. The molecule has 0 aliphatic carbocycles. The quantitative estimate of drug-likeness (QED) is 0.608. The van der Waals surface area contributed by atoms with Gasteiger partial charge in [0.1, 0.15) is 10.4 Å². The smallest absolute Gasteiger partial charge is 0.216 e. The fourth-order valence-electron chi connectivity index (χ4n) is 2.76. The van der Waals surface area contributed by atoms with Crippen molar-refractivity contribution in [2.45, 2.75) is 49.7 Å². The summed E-state index contributed by atoms with van der Waals surface area (Å²) in [5.41, 5.74) is 1.54. The van der Waals surface area contributed by atoms with Crippen molar-refractivity contribution >= 4 is 21.4 Å². The molecule has 0 radical (unpaired) electrons. The number of hydrogen-bond donors (Lipinski definition) is 0. The minimum atomic E-state index is -3.74. The van der Waals surface area contributed by atoms with Crippen LogP contribution in [0.3, 0.4) is 0 Å². The first-order valence-electron chi connectivity index (χ1n) is 8.85.